The van der Waals surface area contributed by atoms with Gasteiger partial charge in [0.05, 0.1) is 6.54 Å². The summed E-state index contributed by atoms with van der Waals surface area (Å²) >= 11 is 0. The van der Waals surface area contributed by atoms with E-state index in [4.69, 9.17) is 13.9 Å². The maximum Gasteiger partial charge on any atom is 0.322 e. The van der Waals surface area contributed by atoms with Gasteiger partial charge in [0.1, 0.15) is 18.1 Å². The molecule has 2 heterocycles. The predicted molar refractivity (Wildman–Crippen MR) is 137 cm³/mol. The SMILES string of the molecule is CCCN(CC(=O)N(Cc1ccc2c(c1)OCO2)Cc1ccc(C)o1)C(=O)Nc1ccc(C)c(C)c1. The zero-order valence-electron chi connectivity index (χ0n) is 21.3. The molecule has 1 aromatic heterocycles. The number of anilines is 1. The molecule has 0 atom stereocenters. The van der Waals surface area contributed by atoms with Gasteiger partial charge < -0.3 is 29.0 Å². The first-order chi connectivity index (χ1) is 17.3. The van der Waals surface area contributed by atoms with E-state index in [1.807, 2.05) is 76.2 Å². The number of fused-ring (bicyclic) bond motifs is 1. The molecule has 3 amide bonds. The molecule has 0 saturated carbocycles. The fourth-order valence-corrected chi connectivity index (χ4v) is 4.06. The Labute approximate surface area is 211 Å². The van der Waals surface area contributed by atoms with E-state index in [1.165, 1.54) is 0 Å². The van der Waals surface area contributed by atoms with E-state index < -0.39 is 0 Å². The minimum absolute atomic E-state index is 0.0469. The summed E-state index contributed by atoms with van der Waals surface area (Å²) in [6.45, 7) is 9.11. The Hall–Kier alpha value is -3.94. The van der Waals surface area contributed by atoms with Crippen molar-refractivity contribution in [1.29, 1.82) is 0 Å². The van der Waals surface area contributed by atoms with Crippen molar-refractivity contribution < 1.29 is 23.5 Å². The molecule has 0 saturated heterocycles. The number of nitrogens with one attached hydrogen (secondary N) is 1. The second kappa shape index (κ2) is 11.2. The molecule has 4 rings (SSSR count). The molecule has 36 heavy (non-hydrogen) atoms. The first-order valence-corrected chi connectivity index (χ1v) is 12.2. The van der Waals surface area contributed by atoms with Crippen LogP contribution in [0.5, 0.6) is 11.5 Å². The van der Waals surface area contributed by atoms with Gasteiger partial charge >= 0.3 is 6.03 Å². The molecule has 8 heteroatoms. The highest BCUT2D eigenvalue weighted by Crippen LogP contribution is 2.33. The summed E-state index contributed by atoms with van der Waals surface area (Å²) in [5, 5.41) is 2.94. The first kappa shape index (κ1) is 25.2. The summed E-state index contributed by atoms with van der Waals surface area (Å²) in [5.74, 6) is 2.64. The Morgan fingerprint density at radius 3 is 2.42 bits per heavy atom. The number of furan rings is 1. The average molecular weight is 492 g/mol. The first-order valence-electron chi connectivity index (χ1n) is 12.2. The van der Waals surface area contributed by atoms with Crippen LogP contribution in [0.2, 0.25) is 0 Å². The molecule has 0 fully saturated rings. The molecule has 3 aromatic rings. The number of amides is 3. The van der Waals surface area contributed by atoms with E-state index in [0.717, 1.165) is 28.9 Å². The Morgan fingerprint density at radius 2 is 1.69 bits per heavy atom. The summed E-state index contributed by atoms with van der Waals surface area (Å²) in [6.07, 6.45) is 0.729. The second-order valence-electron chi connectivity index (χ2n) is 9.10. The second-order valence-corrected chi connectivity index (χ2v) is 9.10. The van der Waals surface area contributed by atoms with E-state index in [9.17, 15) is 9.59 Å². The van der Waals surface area contributed by atoms with E-state index in [0.29, 0.717) is 42.6 Å². The van der Waals surface area contributed by atoms with Gasteiger partial charge in [0, 0.05) is 18.8 Å². The van der Waals surface area contributed by atoms with Crippen LogP contribution in [0.15, 0.2) is 52.9 Å². The Kier molecular flexibility index (Phi) is 7.83. The zero-order valence-corrected chi connectivity index (χ0v) is 21.3. The normalized spacial score (nSPS) is 11.9. The van der Waals surface area contributed by atoms with Crippen LogP contribution in [0.25, 0.3) is 0 Å². The molecule has 1 aliphatic heterocycles. The standard InChI is InChI=1S/C28H33N3O5/c1-5-12-30(28(33)29-23-9-6-19(2)20(3)13-23)17-27(32)31(16-24-10-7-21(4)36-24)15-22-8-11-25-26(14-22)35-18-34-25/h6-11,13-14H,5,12,15-18H2,1-4H3,(H,29,33). The zero-order chi connectivity index (χ0) is 25.7. The van der Waals surface area contributed by atoms with Crippen molar-refractivity contribution in [3.63, 3.8) is 0 Å². The molecular formula is C28H33N3O5. The quantitative estimate of drug-likeness (QED) is 0.433. The molecule has 8 nitrogen and oxygen atoms in total. The minimum Gasteiger partial charge on any atom is -0.464 e. The fourth-order valence-electron chi connectivity index (χ4n) is 4.06. The number of urea groups is 1. The number of ether oxygens (including phenoxy) is 2. The van der Waals surface area contributed by atoms with Gasteiger partial charge in [0.2, 0.25) is 12.7 Å². The highest BCUT2D eigenvalue weighted by Gasteiger charge is 2.23. The monoisotopic (exact) mass is 491 g/mol. The van der Waals surface area contributed by atoms with Crippen molar-refractivity contribution in [2.24, 2.45) is 0 Å². The molecule has 1 aliphatic rings. The van der Waals surface area contributed by atoms with Crippen molar-refractivity contribution in [2.75, 3.05) is 25.2 Å². The number of rotatable bonds is 9. The molecular weight excluding hydrogens is 458 g/mol. The lowest BCUT2D eigenvalue weighted by Gasteiger charge is -2.27. The van der Waals surface area contributed by atoms with Crippen LogP contribution in [-0.2, 0) is 17.9 Å². The van der Waals surface area contributed by atoms with Gasteiger partial charge in [-0.2, -0.15) is 0 Å². The smallest absolute Gasteiger partial charge is 0.322 e. The third-order valence-corrected chi connectivity index (χ3v) is 6.17. The third kappa shape index (κ3) is 6.19. The molecule has 0 radical (unpaired) electrons. The summed E-state index contributed by atoms with van der Waals surface area (Å²) < 4.78 is 16.6. The molecule has 0 spiro atoms. The summed E-state index contributed by atoms with van der Waals surface area (Å²) in [6, 6.07) is 14.9. The number of hydrogen-bond donors (Lipinski definition) is 1. The number of hydrogen-bond acceptors (Lipinski definition) is 5. The van der Waals surface area contributed by atoms with Crippen LogP contribution >= 0.6 is 0 Å². The van der Waals surface area contributed by atoms with Crippen molar-refractivity contribution >= 4 is 17.6 Å². The third-order valence-electron chi connectivity index (χ3n) is 6.17. The minimum atomic E-state index is -0.301. The lowest BCUT2D eigenvalue weighted by Crippen LogP contribution is -2.44. The lowest BCUT2D eigenvalue weighted by atomic mass is 10.1. The van der Waals surface area contributed by atoms with E-state index in [-0.39, 0.29) is 25.3 Å². The number of carbonyl (C=O) groups is 2. The number of aryl methyl sites for hydroxylation is 3. The summed E-state index contributed by atoms with van der Waals surface area (Å²) in [5.41, 5.74) is 3.85. The summed E-state index contributed by atoms with van der Waals surface area (Å²) in [4.78, 5) is 29.9. The topological polar surface area (TPSA) is 84.2 Å². The Bertz CT molecular complexity index is 1240. The van der Waals surface area contributed by atoms with E-state index in [2.05, 4.69) is 5.32 Å². The largest absolute Gasteiger partial charge is 0.464 e. The maximum absolute atomic E-state index is 13.5. The molecule has 1 N–H and O–H groups in total. The summed E-state index contributed by atoms with van der Waals surface area (Å²) in [7, 11) is 0. The molecule has 190 valence electrons. The Balaban J connectivity index is 1.50. The van der Waals surface area contributed by atoms with Gasteiger partial charge in [0.25, 0.3) is 0 Å². The van der Waals surface area contributed by atoms with Crippen LogP contribution in [-0.4, -0.2) is 41.6 Å². The van der Waals surface area contributed by atoms with Crippen LogP contribution in [0.3, 0.4) is 0 Å². The number of nitrogens with zero attached hydrogens (tertiary/aromatic N) is 2. The van der Waals surface area contributed by atoms with Gasteiger partial charge in [-0.05, 0) is 80.3 Å². The highest BCUT2D eigenvalue weighted by molar-refractivity contribution is 5.92. The molecule has 0 unspecified atom stereocenters. The Morgan fingerprint density at radius 1 is 0.889 bits per heavy atom. The van der Waals surface area contributed by atoms with Gasteiger partial charge in [-0.1, -0.05) is 19.1 Å². The van der Waals surface area contributed by atoms with Crippen molar-refractivity contribution in [1.82, 2.24) is 9.80 Å². The maximum atomic E-state index is 13.5. The molecule has 0 bridgehead atoms. The van der Waals surface area contributed by atoms with Gasteiger partial charge in [-0.25, -0.2) is 4.79 Å². The van der Waals surface area contributed by atoms with Crippen LogP contribution in [0.4, 0.5) is 10.5 Å². The van der Waals surface area contributed by atoms with Crippen LogP contribution in [0, 0.1) is 20.8 Å². The van der Waals surface area contributed by atoms with Crippen molar-refractivity contribution in [3.05, 3.63) is 76.7 Å². The lowest BCUT2D eigenvalue weighted by molar-refractivity contribution is -0.133. The predicted octanol–water partition coefficient (Wildman–Crippen LogP) is 5.41. The number of carbonyl (C=O) groups excluding carboxylic acids is 2. The van der Waals surface area contributed by atoms with Crippen molar-refractivity contribution in [2.45, 2.75) is 47.2 Å². The van der Waals surface area contributed by atoms with Gasteiger partial charge in [0.15, 0.2) is 11.5 Å². The van der Waals surface area contributed by atoms with Crippen molar-refractivity contribution in [3.8, 4) is 11.5 Å². The molecule has 2 aromatic carbocycles. The van der Waals surface area contributed by atoms with Gasteiger partial charge in [-0.3, -0.25) is 4.79 Å². The van der Waals surface area contributed by atoms with E-state index >= 15 is 0 Å². The highest BCUT2D eigenvalue weighted by atomic mass is 16.7. The van der Waals surface area contributed by atoms with Gasteiger partial charge in [-0.15, -0.1) is 0 Å². The molecule has 0 aliphatic carbocycles. The van der Waals surface area contributed by atoms with E-state index in [1.54, 1.807) is 9.80 Å². The fraction of sp³-hybridized carbons (Fsp3) is 0.357. The van der Waals surface area contributed by atoms with Crippen LogP contribution < -0.4 is 14.8 Å². The number of benzene rings is 2. The average Bonchev–Trinajstić information content (AvgIpc) is 3.48. The van der Waals surface area contributed by atoms with Crippen LogP contribution in [0.1, 0.15) is 41.6 Å².